The Labute approximate surface area is 127 Å². The fourth-order valence-electron chi connectivity index (χ4n) is 2.58. The quantitative estimate of drug-likeness (QED) is 0.690. The summed E-state index contributed by atoms with van der Waals surface area (Å²) in [6.07, 6.45) is 5.38. The van der Waals surface area contributed by atoms with E-state index < -0.39 is 0 Å². The maximum absolute atomic E-state index is 11.0. The Balaban J connectivity index is 1.73. The molecule has 1 aliphatic heterocycles. The zero-order valence-electron chi connectivity index (χ0n) is 12.8. The lowest BCUT2D eigenvalue weighted by molar-refractivity contribution is -0.113. The van der Waals surface area contributed by atoms with Gasteiger partial charge in [0, 0.05) is 6.54 Å². The number of likely N-dealkylation sites (tertiary alicyclic amines) is 1. The predicted octanol–water partition coefficient (Wildman–Crippen LogP) is 2.91. The molecular formula is C17H25NO3. The summed E-state index contributed by atoms with van der Waals surface area (Å²) in [7, 11) is 0. The number of ether oxygens (including phenoxy) is 2. The lowest BCUT2D eigenvalue weighted by atomic mass is 10.0. The summed E-state index contributed by atoms with van der Waals surface area (Å²) in [6.45, 7) is 5.24. The Morgan fingerprint density at radius 1 is 1.14 bits per heavy atom. The van der Waals surface area contributed by atoms with Gasteiger partial charge in [0.15, 0.2) is 0 Å². The van der Waals surface area contributed by atoms with Crippen molar-refractivity contribution in [1.29, 1.82) is 0 Å². The van der Waals surface area contributed by atoms with E-state index in [9.17, 15) is 4.79 Å². The highest BCUT2D eigenvalue weighted by atomic mass is 16.5. The number of benzene rings is 1. The van der Waals surface area contributed by atoms with Gasteiger partial charge < -0.3 is 14.3 Å². The number of carbonyl (C=O) groups is 1. The van der Waals surface area contributed by atoms with Gasteiger partial charge in [-0.3, -0.25) is 4.90 Å². The van der Waals surface area contributed by atoms with Gasteiger partial charge in [0.25, 0.3) is 0 Å². The molecule has 0 amide bonds. The van der Waals surface area contributed by atoms with E-state index in [2.05, 4.69) is 11.8 Å². The second-order valence-electron chi connectivity index (χ2n) is 5.40. The average Bonchev–Trinajstić information content (AvgIpc) is 2.54. The second-order valence-corrected chi connectivity index (χ2v) is 5.40. The fraction of sp³-hybridized carbons (Fsp3) is 0.588. The molecule has 0 spiro atoms. The molecule has 0 radical (unpaired) electrons. The van der Waals surface area contributed by atoms with E-state index in [-0.39, 0.29) is 6.04 Å². The summed E-state index contributed by atoms with van der Waals surface area (Å²) >= 11 is 0. The maximum Gasteiger partial charge on any atom is 0.137 e. The topological polar surface area (TPSA) is 38.8 Å². The zero-order chi connectivity index (χ0) is 14.9. The van der Waals surface area contributed by atoms with Crippen LogP contribution in [0.15, 0.2) is 24.3 Å². The lowest BCUT2D eigenvalue weighted by Crippen LogP contribution is -2.42. The summed E-state index contributed by atoms with van der Waals surface area (Å²) < 4.78 is 11.3. The first-order valence-corrected chi connectivity index (χ1v) is 7.88. The van der Waals surface area contributed by atoms with Gasteiger partial charge in [0.05, 0.1) is 12.6 Å². The molecule has 2 rings (SSSR count). The minimum Gasteiger partial charge on any atom is -0.494 e. The molecule has 4 heteroatoms. The zero-order valence-corrected chi connectivity index (χ0v) is 12.8. The van der Waals surface area contributed by atoms with Crippen molar-refractivity contribution in [2.75, 3.05) is 26.3 Å². The van der Waals surface area contributed by atoms with Crippen LogP contribution in [0.3, 0.4) is 0 Å². The minimum atomic E-state index is 0.0761. The number of piperidine rings is 1. The molecule has 1 aliphatic rings. The van der Waals surface area contributed by atoms with Crippen LogP contribution in [0.4, 0.5) is 0 Å². The number of carbonyl (C=O) groups excluding carboxylic acids is 1. The van der Waals surface area contributed by atoms with Gasteiger partial charge in [-0.2, -0.15) is 0 Å². The Morgan fingerprint density at radius 3 is 2.43 bits per heavy atom. The van der Waals surface area contributed by atoms with E-state index >= 15 is 0 Å². The SMILES string of the molecule is CCCOc1ccc(OCCN2CCCCC2C=O)cc1. The van der Waals surface area contributed by atoms with Gasteiger partial charge >= 0.3 is 0 Å². The molecule has 0 N–H and O–H groups in total. The Bertz CT molecular complexity index is 419. The van der Waals surface area contributed by atoms with Crippen LogP contribution in [0.2, 0.25) is 0 Å². The Hall–Kier alpha value is -1.55. The summed E-state index contributed by atoms with van der Waals surface area (Å²) in [6, 6.07) is 7.80. The van der Waals surface area contributed by atoms with Crippen molar-refractivity contribution >= 4 is 6.29 Å². The number of aldehydes is 1. The minimum absolute atomic E-state index is 0.0761. The molecule has 116 valence electrons. The molecule has 1 unspecified atom stereocenters. The molecule has 0 bridgehead atoms. The van der Waals surface area contributed by atoms with Crippen molar-refractivity contribution < 1.29 is 14.3 Å². The third-order valence-electron chi connectivity index (χ3n) is 3.77. The third-order valence-corrected chi connectivity index (χ3v) is 3.77. The second kappa shape index (κ2) is 8.67. The van der Waals surface area contributed by atoms with Crippen molar-refractivity contribution in [2.45, 2.75) is 38.6 Å². The van der Waals surface area contributed by atoms with E-state index in [1.807, 2.05) is 24.3 Å². The third kappa shape index (κ3) is 5.05. The summed E-state index contributed by atoms with van der Waals surface area (Å²) in [5.41, 5.74) is 0. The van der Waals surface area contributed by atoms with Crippen molar-refractivity contribution in [3.8, 4) is 11.5 Å². The molecule has 1 aromatic rings. The van der Waals surface area contributed by atoms with Gasteiger partial charge in [-0.15, -0.1) is 0 Å². The Kier molecular flexibility index (Phi) is 6.54. The maximum atomic E-state index is 11.0. The highest BCUT2D eigenvalue weighted by Crippen LogP contribution is 2.18. The number of nitrogens with zero attached hydrogens (tertiary/aromatic N) is 1. The molecule has 0 aliphatic carbocycles. The number of hydrogen-bond acceptors (Lipinski definition) is 4. The van der Waals surface area contributed by atoms with Crippen molar-refractivity contribution in [2.24, 2.45) is 0 Å². The van der Waals surface area contributed by atoms with Crippen LogP contribution in [0.25, 0.3) is 0 Å². The summed E-state index contributed by atoms with van der Waals surface area (Å²) in [5.74, 6) is 1.72. The Morgan fingerprint density at radius 2 is 1.81 bits per heavy atom. The first kappa shape index (κ1) is 15.8. The van der Waals surface area contributed by atoms with Crippen LogP contribution in [0.5, 0.6) is 11.5 Å². The van der Waals surface area contributed by atoms with Crippen molar-refractivity contribution in [3.63, 3.8) is 0 Å². The van der Waals surface area contributed by atoms with Gasteiger partial charge in [-0.1, -0.05) is 13.3 Å². The van der Waals surface area contributed by atoms with E-state index in [0.29, 0.717) is 6.61 Å². The van der Waals surface area contributed by atoms with Crippen molar-refractivity contribution in [1.82, 2.24) is 4.90 Å². The molecule has 1 aromatic carbocycles. The van der Waals surface area contributed by atoms with Crippen molar-refractivity contribution in [3.05, 3.63) is 24.3 Å². The molecule has 0 saturated carbocycles. The van der Waals surface area contributed by atoms with Crippen LogP contribution in [-0.2, 0) is 4.79 Å². The van der Waals surface area contributed by atoms with Crippen LogP contribution >= 0.6 is 0 Å². The summed E-state index contributed by atoms with van der Waals surface area (Å²) in [5, 5.41) is 0. The molecule has 1 atom stereocenters. The first-order valence-electron chi connectivity index (χ1n) is 7.88. The molecule has 1 heterocycles. The molecule has 1 fully saturated rings. The normalized spacial score (nSPS) is 19.2. The molecule has 0 aromatic heterocycles. The van der Waals surface area contributed by atoms with Gasteiger partial charge in [0.2, 0.25) is 0 Å². The average molecular weight is 291 g/mol. The van der Waals surface area contributed by atoms with E-state index in [1.54, 1.807) is 0 Å². The monoisotopic (exact) mass is 291 g/mol. The van der Waals surface area contributed by atoms with Gasteiger partial charge in [0.1, 0.15) is 24.4 Å². The fourth-order valence-corrected chi connectivity index (χ4v) is 2.58. The van der Waals surface area contributed by atoms with E-state index in [1.165, 1.54) is 6.42 Å². The van der Waals surface area contributed by atoms with E-state index in [0.717, 1.165) is 56.7 Å². The molecule has 4 nitrogen and oxygen atoms in total. The smallest absolute Gasteiger partial charge is 0.137 e. The van der Waals surface area contributed by atoms with Crippen LogP contribution in [0.1, 0.15) is 32.6 Å². The van der Waals surface area contributed by atoms with Crippen LogP contribution in [0, 0.1) is 0 Å². The standard InChI is InChI=1S/C17H25NO3/c1-2-12-20-16-6-8-17(9-7-16)21-13-11-18-10-4-3-5-15(18)14-19/h6-9,14-15H,2-5,10-13H2,1H3. The highest BCUT2D eigenvalue weighted by Gasteiger charge is 2.21. The molecule has 21 heavy (non-hydrogen) atoms. The molecular weight excluding hydrogens is 266 g/mol. The van der Waals surface area contributed by atoms with Gasteiger partial charge in [-0.25, -0.2) is 0 Å². The molecule has 1 saturated heterocycles. The highest BCUT2D eigenvalue weighted by molar-refractivity contribution is 5.57. The number of rotatable bonds is 8. The predicted molar refractivity (Wildman–Crippen MR) is 83.0 cm³/mol. The number of hydrogen-bond donors (Lipinski definition) is 0. The largest absolute Gasteiger partial charge is 0.494 e. The van der Waals surface area contributed by atoms with Crippen LogP contribution in [-0.4, -0.2) is 43.5 Å². The van der Waals surface area contributed by atoms with E-state index in [4.69, 9.17) is 9.47 Å². The summed E-state index contributed by atoms with van der Waals surface area (Å²) in [4.78, 5) is 13.2. The van der Waals surface area contributed by atoms with Gasteiger partial charge in [-0.05, 0) is 50.1 Å². The first-order chi connectivity index (χ1) is 10.3. The lowest BCUT2D eigenvalue weighted by Gasteiger charge is -2.31. The van der Waals surface area contributed by atoms with Crippen LogP contribution < -0.4 is 9.47 Å².